The van der Waals surface area contributed by atoms with E-state index < -0.39 is 6.09 Å². The summed E-state index contributed by atoms with van der Waals surface area (Å²) >= 11 is 0. The lowest BCUT2D eigenvalue weighted by molar-refractivity contribution is -0.144. The Hall–Kier alpha value is -0.850. The minimum absolute atomic E-state index is 0.158. The van der Waals surface area contributed by atoms with Gasteiger partial charge in [-0.05, 0) is 31.6 Å². The highest BCUT2D eigenvalue weighted by atomic mass is 16.5. The highest BCUT2D eigenvalue weighted by Gasteiger charge is 2.41. The molecule has 0 aromatic carbocycles. The molecule has 3 rings (SSSR count). The highest BCUT2D eigenvalue weighted by Crippen LogP contribution is 2.32. The van der Waals surface area contributed by atoms with Crippen LogP contribution in [-0.2, 0) is 9.47 Å². The van der Waals surface area contributed by atoms with Crippen LogP contribution in [0.25, 0.3) is 0 Å². The van der Waals surface area contributed by atoms with Gasteiger partial charge in [0.15, 0.2) is 0 Å². The lowest BCUT2D eigenvalue weighted by atomic mass is 9.88. The Morgan fingerprint density at radius 3 is 2.85 bits per heavy atom. The number of morpholine rings is 1. The van der Waals surface area contributed by atoms with Crippen LogP contribution in [0.3, 0.4) is 0 Å². The summed E-state index contributed by atoms with van der Waals surface area (Å²) in [7, 11) is 0. The van der Waals surface area contributed by atoms with Crippen molar-refractivity contribution in [1.29, 1.82) is 0 Å². The van der Waals surface area contributed by atoms with Gasteiger partial charge in [-0.1, -0.05) is 0 Å². The van der Waals surface area contributed by atoms with Crippen LogP contribution in [0.1, 0.15) is 25.7 Å². The molecule has 0 aromatic rings. The van der Waals surface area contributed by atoms with Gasteiger partial charge < -0.3 is 24.8 Å². The molecule has 2 unspecified atom stereocenters. The van der Waals surface area contributed by atoms with E-state index in [1.807, 2.05) is 0 Å². The quantitative estimate of drug-likeness (QED) is 0.789. The molecule has 6 heteroatoms. The maximum absolute atomic E-state index is 11.0. The van der Waals surface area contributed by atoms with Gasteiger partial charge >= 0.3 is 6.09 Å². The van der Waals surface area contributed by atoms with Crippen molar-refractivity contribution < 1.29 is 19.4 Å². The second-order valence-electron chi connectivity index (χ2n) is 6.29. The van der Waals surface area contributed by atoms with E-state index in [9.17, 15) is 4.79 Å². The van der Waals surface area contributed by atoms with Crippen LogP contribution < -0.4 is 5.32 Å². The van der Waals surface area contributed by atoms with E-state index in [0.29, 0.717) is 19.0 Å². The first-order valence-electron chi connectivity index (χ1n) is 7.61. The summed E-state index contributed by atoms with van der Waals surface area (Å²) in [6.45, 7) is 4.65. The van der Waals surface area contributed by atoms with Crippen molar-refractivity contribution in [2.75, 3.05) is 39.4 Å². The van der Waals surface area contributed by atoms with Gasteiger partial charge in [-0.2, -0.15) is 0 Å². The van der Waals surface area contributed by atoms with Crippen LogP contribution in [0.15, 0.2) is 0 Å². The Kier molecular flexibility index (Phi) is 4.14. The molecular formula is C14H24N2O4. The van der Waals surface area contributed by atoms with Gasteiger partial charge in [0.05, 0.1) is 11.7 Å². The van der Waals surface area contributed by atoms with Crippen LogP contribution in [0.4, 0.5) is 4.79 Å². The van der Waals surface area contributed by atoms with Crippen LogP contribution >= 0.6 is 0 Å². The third-order valence-corrected chi connectivity index (χ3v) is 4.80. The lowest BCUT2D eigenvalue weighted by Crippen LogP contribution is -2.59. The fourth-order valence-electron chi connectivity index (χ4n) is 3.57. The first kappa shape index (κ1) is 14.1. The molecule has 6 nitrogen and oxygen atoms in total. The average Bonchev–Trinajstić information content (AvgIpc) is 2.92. The topological polar surface area (TPSA) is 71.0 Å². The predicted octanol–water partition coefficient (Wildman–Crippen LogP) is 0.914. The molecule has 0 aromatic heterocycles. The summed E-state index contributed by atoms with van der Waals surface area (Å²) in [6.07, 6.45) is 3.21. The summed E-state index contributed by atoms with van der Waals surface area (Å²) in [5.41, 5.74) is -0.158. The first-order chi connectivity index (χ1) is 9.67. The van der Waals surface area contributed by atoms with E-state index in [1.165, 1.54) is 4.90 Å². The Bertz CT molecular complexity index is 349. The number of piperidine rings is 1. The predicted molar refractivity (Wildman–Crippen MR) is 72.8 cm³/mol. The maximum atomic E-state index is 11.0. The van der Waals surface area contributed by atoms with Crippen LogP contribution in [0.5, 0.6) is 0 Å². The second-order valence-corrected chi connectivity index (χ2v) is 6.29. The fraction of sp³-hybridized carbons (Fsp3) is 0.929. The number of amides is 1. The SMILES string of the molecule is O=C(O)N1CCC2(CC1)CNCC(CC1CCOC1)O2. The molecule has 0 aliphatic carbocycles. The molecule has 2 atom stereocenters. The summed E-state index contributed by atoms with van der Waals surface area (Å²) in [4.78, 5) is 12.5. The van der Waals surface area contributed by atoms with E-state index in [2.05, 4.69) is 5.32 Å². The minimum atomic E-state index is -0.816. The molecule has 3 heterocycles. The maximum Gasteiger partial charge on any atom is 0.407 e. The van der Waals surface area contributed by atoms with E-state index in [0.717, 1.165) is 52.0 Å². The number of carboxylic acid groups (broad SMARTS) is 1. The molecular weight excluding hydrogens is 260 g/mol. The minimum Gasteiger partial charge on any atom is -0.465 e. The van der Waals surface area contributed by atoms with Crippen molar-refractivity contribution in [1.82, 2.24) is 10.2 Å². The van der Waals surface area contributed by atoms with Gasteiger partial charge in [0.25, 0.3) is 0 Å². The largest absolute Gasteiger partial charge is 0.465 e. The van der Waals surface area contributed by atoms with Gasteiger partial charge in [-0.3, -0.25) is 0 Å². The average molecular weight is 284 g/mol. The van der Waals surface area contributed by atoms with Crippen LogP contribution in [0.2, 0.25) is 0 Å². The summed E-state index contributed by atoms with van der Waals surface area (Å²) in [6, 6.07) is 0. The number of ether oxygens (including phenoxy) is 2. The Labute approximate surface area is 119 Å². The molecule has 0 saturated carbocycles. The normalized spacial score (nSPS) is 33.5. The van der Waals surface area contributed by atoms with Crippen molar-refractivity contribution in [2.24, 2.45) is 5.92 Å². The van der Waals surface area contributed by atoms with Gasteiger partial charge in [-0.25, -0.2) is 4.79 Å². The zero-order chi connectivity index (χ0) is 14.0. The summed E-state index contributed by atoms with van der Waals surface area (Å²) < 4.78 is 11.8. The molecule has 0 radical (unpaired) electrons. The molecule has 3 aliphatic rings. The van der Waals surface area contributed by atoms with E-state index >= 15 is 0 Å². The van der Waals surface area contributed by atoms with Crippen molar-refractivity contribution in [2.45, 2.75) is 37.4 Å². The number of hydrogen-bond acceptors (Lipinski definition) is 4. The number of nitrogens with one attached hydrogen (secondary N) is 1. The van der Waals surface area contributed by atoms with Crippen molar-refractivity contribution in [3.05, 3.63) is 0 Å². The van der Waals surface area contributed by atoms with Crippen LogP contribution in [-0.4, -0.2) is 67.2 Å². The molecule has 114 valence electrons. The second kappa shape index (κ2) is 5.87. The third-order valence-electron chi connectivity index (χ3n) is 4.80. The Balaban J connectivity index is 1.53. The zero-order valence-corrected chi connectivity index (χ0v) is 11.8. The number of hydrogen-bond donors (Lipinski definition) is 2. The first-order valence-corrected chi connectivity index (χ1v) is 7.61. The zero-order valence-electron chi connectivity index (χ0n) is 11.8. The molecule has 1 spiro atoms. The van der Waals surface area contributed by atoms with E-state index in [-0.39, 0.29) is 11.7 Å². The number of rotatable bonds is 2. The van der Waals surface area contributed by atoms with Crippen molar-refractivity contribution in [3.63, 3.8) is 0 Å². The Morgan fingerprint density at radius 2 is 2.20 bits per heavy atom. The number of likely N-dealkylation sites (tertiary alicyclic amines) is 1. The molecule has 3 aliphatic heterocycles. The van der Waals surface area contributed by atoms with Crippen LogP contribution in [0, 0.1) is 5.92 Å². The third kappa shape index (κ3) is 3.07. The summed E-state index contributed by atoms with van der Waals surface area (Å²) in [5.74, 6) is 0.621. The van der Waals surface area contributed by atoms with Crippen molar-refractivity contribution >= 4 is 6.09 Å². The van der Waals surface area contributed by atoms with Gasteiger partial charge in [-0.15, -0.1) is 0 Å². The smallest absolute Gasteiger partial charge is 0.407 e. The van der Waals surface area contributed by atoms with Crippen molar-refractivity contribution in [3.8, 4) is 0 Å². The van der Waals surface area contributed by atoms with E-state index in [1.54, 1.807) is 0 Å². The molecule has 3 fully saturated rings. The van der Waals surface area contributed by atoms with E-state index in [4.69, 9.17) is 14.6 Å². The molecule has 3 saturated heterocycles. The lowest BCUT2D eigenvalue weighted by Gasteiger charge is -2.46. The molecule has 2 N–H and O–H groups in total. The fourth-order valence-corrected chi connectivity index (χ4v) is 3.57. The molecule has 20 heavy (non-hydrogen) atoms. The summed E-state index contributed by atoms with van der Waals surface area (Å²) in [5, 5.41) is 12.5. The standard InChI is InChI=1S/C14H24N2O4/c17-13(18)16-4-2-14(3-5-16)10-15-8-12(20-14)7-11-1-6-19-9-11/h11-12,15H,1-10H2,(H,17,18). The van der Waals surface area contributed by atoms with Gasteiger partial charge in [0.1, 0.15) is 0 Å². The van der Waals surface area contributed by atoms with Gasteiger partial charge in [0.2, 0.25) is 0 Å². The highest BCUT2D eigenvalue weighted by molar-refractivity contribution is 5.65. The molecule has 0 bridgehead atoms. The number of nitrogens with zero attached hydrogens (tertiary/aromatic N) is 1. The number of carbonyl (C=O) groups is 1. The monoisotopic (exact) mass is 284 g/mol. The molecule has 1 amide bonds. The van der Waals surface area contributed by atoms with Gasteiger partial charge in [0, 0.05) is 39.4 Å². The Morgan fingerprint density at radius 1 is 1.40 bits per heavy atom.